The molecule has 3 heterocycles. The van der Waals surface area contributed by atoms with E-state index < -0.39 is 11.9 Å². The van der Waals surface area contributed by atoms with Gasteiger partial charge < -0.3 is 15.4 Å². The van der Waals surface area contributed by atoms with Crippen LogP contribution in [-0.2, 0) is 4.79 Å². The Balaban J connectivity index is 1.65. The minimum atomic E-state index is -0.446. The maximum atomic E-state index is 13.9. The van der Waals surface area contributed by atoms with Crippen LogP contribution < -0.4 is 15.4 Å². The molecule has 1 aliphatic heterocycles. The molecule has 158 valence electrons. The number of halogens is 1. The molecule has 1 saturated heterocycles. The zero-order chi connectivity index (χ0) is 21.4. The number of rotatable bonds is 4. The number of ether oxygens (including phenoxy) is 1. The van der Waals surface area contributed by atoms with E-state index >= 15 is 0 Å². The van der Waals surface area contributed by atoms with Crippen molar-refractivity contribution in [3.63, 3.8) is 0 Å². The van der Waals surface area contributed by atoms with E-state index in [1.165, 1.54) is 12.1 Å². The van der Waals surface area contributed by atoms with Crippen LogP contribution >= 0.6 is 0 Å². The predicted octanol–water partition coefficient (Wildman–Crippen LogP) is 3.17. The SMILES string of the molecule is COc1ccc(-c2nc3c4ccc(F)cc4nc(N[C@@H]4CCCCNC4=O)n3n2)cc1. The second kappa shape index (κ2) is 7.82. The molecule has 1 atom stereocenters. The predicted molar refractivity (Wildman–Crippen MR) is 115 cm³/mol. The number of amides is 1. The van der Waals surface area contributed by atoms with Gasteiger partial charge in [0.2, 0.25) is 11.9 Å². The van der Waals surface area contributed by atoms with Gasteiger partial charge in [-0.15, -0.1) is 5.10 Å². The van der Waals surface area contributed by atoms with Crippen molar-refractivity contribution in [1.29, 1.82) is 0 Å². The van der Waals surface area contributed by atoms with E-state index in [0.717, 1.165) is 24.2 Å². The number of hydrogen-bond acceptors (Lipinski definition) is 6. The normalized spacial score (nSPS) is 16.8. The van der Waals surface area contributed by atoms with Crippen molar-refractivity contribution in [2.45, 2.75) is 25.3 Å². The van der Waals surface area contributed by atoms with Crippen molar-refractivity contribution in [3.05, 3.63) is 48.3 Å². The van der Waals surface area contributed by atoms with Crippen LogP contribution in [0.25, 0.3) is 27.9 Å². The first-order valence-corrected chi connectivity index (χ1v) is 10.2. The number of benzene rings is 2. The van der Waals surface area contributed by atoms with Crippen LogP contribution in [0.1, 0.15) is 19.3 Å². The Kier molecular flexibility index (Phi) is 4.85. The number of nitrogens with one attached hydrogen (secondary N) is 2. The van der Waals surface area contributed by atoms with E-state index in [0.29, 0.717) is 41.3 Å². The molecule has 5 rings (SSSR count). The summed E-state index contributed by atoms with van der Waals surface area (Å²) in [5.41, 5.74) is 1.78. The Hall–Kier alpha value is -3.75. The van der Waals surface area contributed by atoms with Gasteiger partial charge in [0.1, 0.15) is 17.6 Å². The molecule has 0 radical (unpaired) electrons. The number of nitrogens with zero attached hydrogens (tertiary/aromatic N) is 4. The number of carbonyl (C=O) groups is 1. The molecular formula is C22H21FN6O2. The number of anilines is 1. The Morgan fingerprint density at radius 3 is 2.81 bits per heavy atom. The molecule has 2 aromatic heterocycles. The average molecular weight is 420 g/mol. The Bertz CT molecular complexity index is 1270. The number of fused-ring (bicyclic) bond motifs is 3. The van der Waals surface area contributed by atoms with Gasteiger partial charge in [-0.3, -0.25) is 4.79 Å². The van der Waals surface area contributed by atoms with Gasteiger partial charge in [0, 0.05) is 23.6 Å². The van der Waals surface area contributed by atoms with Crippen LogP contribution in [-0.4, -0.2) is 45.2 Å². The van der Waals surface area contributed by atoms with Crippen molar-refractivity contribution < 1.29 is 13.9 Å². The zero-order valence-corrected chi connectivity index (χ0v) is 16.9. The van der Waals surface area contributed by atoms with E-state index in [9.17, 15) is 9.18 Å². The van der Waals surface area contributed by atoms with Crippen LogP contribution in [0.5, 0.6) is 5.75 Å². The molecule has 4 aromatic rings. The largest absolute Gasteiger partial charge is 0.497 e. The lowest BCUT2D eigenvalue weighted by Gasteiger charge is -2.16. The van der Waals surface area contributed by atoms with Gasteiger partial charge >= 0.3 is 0 Å². The van der Waals surface area contributed by atoms with E-state index in [4.69, 9.17) is 9.72 Å². The molecule has 31 heavy (non-hydrogen) atoms. The Labute approximate surface area is 177 Å². The van der Waals surface area contributed by atoms with Crippen LogP contribution in [0.15, 0.2) is 42.5 Å². The van der Waals surface area contributed by atoms with Crippen LogP contribution in [0, 0.1) is 5.82 Å². The Morgan fingerprint density at radius 1 is 1.16 bits per heavy atom. The van der Waals surface area contributed by atoms with Crippen molar-refractivity contribution >= 4 is 28.4 Å². The van der Waals surface area contributed by atoms with Gasteiger partial charge in [0.25, 0.3) is 0 Å². The van der Waals surface area contributed by atoms with Gasteiger partial charge in [-0.05, 0) is 55.7 Å². The smallest absolute Gasteiger partial charge is 0.242 e. The van der Waals surface area contributed by atoms with Crippen LogP contribution in [0.3, 0.4) is 0 Å². The standard InChI is InChI=1S/C22H21FN6O2/c1-31-15-8-5-13(6-9-15)19-27-20-16-10-7-14(23)12-18(16)26-22(29(20)28-19)25-17-4-2-3-11-24-21(17)30/h5-10,12,17H,2-4,11H2,1H3,(H,24,30)(H,25,26)/t17-/m1/s1. The molecule has 9 heteroatoms. The number of carbonyl (C=O) groups excluding carboxylic acids is 1. The van der Waals surface area contributed by atoms with Crippen molar-refractivity contribution in [1.82, 2.24) is 24.9 Å². The fourth-order valence-corrected chi connectivity index (χ4v) is 3.77. The van der Waals surface area contributed by atoms with Gasteiger partial charge in [-0.1, -0.05) is 0 Å². The summed E-state index contributed by atoms with van der Waals surface area (Å²) < 4.78 is 20.7. The quantitative estimate of drug-likeness (QED) is 0.527. The highest BCUT2D eigenvalue weighted by molar-refractivity contribution is 5.93. The van der Waals surface area contributed by atoms with E-state index in [-0.39, 0.29) is 5.91 Å². The van der Waals surface area contributed by atoms with Gasteiger partial charge in [0.15, 0.2) is 11.5 Å². The summed E-state index contributed by atoms with van der Waals surface area (Å²) in [4.78, 5) is 21.7. The van der Waals surface area contributed by atoms with Crippen LogP contribution in [0.4, 0.5) is 10.3 Å². The second-order valence-corrected chi connectivity index (χ2v) is 7.48. The minimum absolute atomic E-state index is 0.0812. The summed E-state index contributed by atoms with van der Waals surface area (Å²) in [5, 5.41) is 11.4. The lowest BCUT2D eigenvalue weighted by Crippen LogP contribution is -2.38. The van der Waals surface area contributed by atoms with E-state index in [1.807, 2.05) is 24.3 Å². The van der Waals surface area contributed by atoms with Gasteiger partial charge in [-0.2, -0.15) is 4.52 Å². The topological polar surface area (TPSA) is 93.4 Å². The summed E-state index contributed by atoms with van der Waals surface area (Å²) >= 11 is 0. The summed E-state index contributed by atoms with van der Waals surface area (Å²) in [6.45, 7) is 0.660. The average Bonchev–Trinajstić information content (AvgIpc) is 3.13. The first-order chi connectivity index (χ1) is 15.1. The van der Waals surface area contributed by atoms with Crippen molar-refractivity contribution in [2.75, 3.05) is 19.0 Å². The third kappa shape index (κ3) is 3.63. The molecular weight excluding hydrogens is 399 g/mol. The second-order valence-electron chi connectivity index (χ2n) is 7.48. The van der Waals surface area contributed by atoms with E-state index in [2.05, 4.69) is 20.7 Å². The minimum Gasteiger partial charge on any atom is -0.497 e. The summed E-state index contributed by atoms with van der Waals surface area (Å²) in [5.74, 6) is 1.11. The molecule has 2 aromatic carbocycles. The van der Waals surface area contributed by atoms with Gasteiger partial charge in [0.05, 0.1) is 12.6 Å². The van der Waals surface area contributed by atoms with Gasteiger partial charge in [-0.25, -0.2) is 14.4 Å². The monoisotopic (exact) mass is 420 g/mol. The molecule has 1 amide bonds. The number of aromatic nitrogens is 4. The molecule has 2 N–H and O–H groups in total. The molecule has 0 bridgehead atoms. The number of hydrogen-bond donors (Lipinski definition) is 2. The number of methoxy groups -OCH3 is 1. The fraction of sp³-hybridized carbons (Fsp3) is 0.273. The molecule has 0 saturated carbocycles. The van der Waals surface area contributed by atoms with Crippen molar-refractivity contribution in [2.24, 2.45) is 0 Å². The van der Waals surface area contributed by atoms with Crippen LogP contribution in [0.2, 0.25) is 0 Å². The lowest BCUT2D eigenvalue weighted by molar-refractivity contribution is -0.121. The Morgan fingerprint density at radius 2 is 2.00 bits per heavy atom. The summed E-state index contributed by atoms with van der Waals surface area (Å²) in [7, 11) is 1.61. The molecule has 0 unspecified atom stereocenters. The summed E-state index contributed by atoms with van der Waals surface area (Å²) in [6, 6.07) is 11.3. The molecule has 1 fully saturated rings. The third-order valence-corrected chi connectivity index (χ3v) is 5.42. The van der Waals surface area contributed by atoms with Crippen molar-refractivity contribution in [3.8, 4) is 17.1 Å². The fourth-order valence-electron chi connectivity index (χ4n) is 3.77. The highest BCUT2D eigenvalue weighted by atomic mass is 19.1. The molecule has 8 nitrogen and oxygen atoms in total. The molecule has 0 spiro atoms. The highest BCUT2D eigenvalue weighted by Gasteiger charge is 2.23. The first-order valence-electron chi connectivity index (χ1n) is 10.2. The third-order valence-electron chi connectivity index (χ3n) is 5.42. The lowest BCUT2D eigenvalue weighted by atomic mass is 10.1. The zero-order valence-electron chi connectivity index (χ0n) is 16.9. The first kappa shape index (κ1) is 19.2. The molecule has 0 aliphatic carbocycles. The summed E-state index contributed by atoms with van der Waals surface area (Å²) in [6.07, 6.45) is 2.52. The van der Waals surface area contributed by atoms with E-state index in [1.54, 1.807) is 17.7 Å². The highest BCUT2D eigenvalue weighted by Crippen LogP contribution is 2.26. The molecule has 1 aliphatic rings. The maximum Gasteiger partial charge on any atom is 0.242 e. The maximum absolute atomic E-state index is 13.9.